The molecule has 0 aliphatic carbocycles. The Hall–Kier alpha value is -1.79. The van der Waals surface area contributed by atoms with Crippen molar-refractivity contribution in [3.05, 3.63) is 30.3 Å². The molecule has 2 atom stereocenters. The quantitative estimate of drug-likeness (QED) is 0.872. The van der Waals surface area contributed by atoms with Crippen LogP contribution in [0.15, 0.2) is 28.9 Å². The third-order valence-electron chi connectivity index (χ3n) is 3.25. The molecule has 6 nitrogen and oxygen atoms in total. The normalized spacial score (nSPS) is 22.8. The summed E-state index contributed by atoms with van der Waals surface area (Å²) in [7, 11) is 0. The first kappa shape index (κ1) is 12.3. The second kappa shape index (κ2) is 5.46. The summed E-state index contributed by atoms with van der Waals surface area (Å²) in [6.07, 6.45) is 5.00. The van der Waals surface area contributed by atoms with Crippen LogP contribution in [0, 0.1) is 0 Å². The number of hydrogen-bond acceptors (Lipinski definition) is 6. The van der Waals surface area contributed by atoms with Crippen LogP contribution in [0.25, 0.3) is 11.5 Å². The zero-order chi connectivity index (χ0) is 13.1. The Bertz CT molecular complexity index is 527. The lowest BCUT2D eigenvalue weighted by molar-refractivity contribution is 0.340. The molecule has 3 heterocycles. The summed E-state index contributed by atoms with van der Waals surface area (Å²) < 4.78 is 5.33. The van der Waals surface area contributed by atoms with E-state index in [1.807, 2.05) is 18.2 Å². The third kappa shape index (κ3) is 2.64. The van der Waals surface area contributed by atoms with Crippen LogP contribution in [0.2, 0.25) is 0 Å². The van der Waals surface area contributed by atoms with Crippen LogP contribution in [-0.2, 0) is 0 Å². The topological polar surface area (TPSA) is 75.9 Å². The van der Waals surface area contributed by atoms with E-state index in [0.29, 0.717) is 17.8 Å². The first-order valence-electron chi connectivity index (χ1n) is 6.63. The molecule has 0 amide bonds. The Morgan fingerprint density at radius 3 is 3.11 bits per heavy atom. The van der Waals surface area contributed by atoms with E-state index in [0.717, 1.165) is 25.0 Å². The lowest BCUT2D eigenvalue weighted by Gasteiger charge is -2.04. The van der Waals surface area contributed by atoms with Crippen molar-refractivity contribution in [2.75, 3.05) is 0 Å². The van der Waals surface area contributed by atoms with E-state index in [1.54, 1.807) is 6.20 Å². The van der Waals surface area contributed by atoms with E-state index in [1.165, 1.54) is 0 Å². The Morgan fingerprint density at radius 1 is 1.37 bits per heavy atom. The number of aromatic nitrogens is 3. The fraction of sp³-hybridized carbons (Fsp3) is 0.462. The van der Waals surface area contributed by atoms with Gasteiger partial charge in [0, 0.05) is 12.2 Å². The number of pyridine rings is 1. The molecule has 2 aromatic rings. The van der Waals surface area contributed by atoms with Crippen molar-refractivity contribution in [1.29, 1.82) is 0 Å². The summed E-state index contributed by atoms with van der Waals surface area (Å²) in [6.45, 7) is 2.18. The summed E-state index contributed by atoms with van der Waals surface area (Å²) in [5.41, 5.74) is 7.20. The highest BCUT2D eigenvalue weighted by atomic mass is 16.5. The maximum absolute atomic E-state index is 5.33. The summed E-state index contributed by atoms with van der Waals surface area (Å²) >= 11 is 0. The largest absolute Gasteiger partial charge is 0.337 e. The monoisotopic (exact) mass is 259 g/mol. The average Bonchev–Trinajstić information content (AvgIpc) is 3.08. The highest BCUT2D eigenvalue weighted by molar-refractivity contribution is 5.47. The highest BCUT2D eigenvalue weighted by Crippen LogP contribution is 2.24. The Balaban J connectivity index is 1.72. The van der Waals surface area contributed by atoms with Crippen molar-refractivity contribution in [3.63, 3.8) is 0 Å². The van der Waals surface area contributed by atoms with E-state index in [2.05, 4.69) is 32.9 Å². The molecule has 3 rings (SSSR count). The molecule has 0 spiro atoms. The molecule has 0 aromatic carbocycles. The Morgan fingerprint density at radius 2 is 2.32 bits per heavy atom. The van der Waals surface area contributed by atoms with Gasteiger partial charge in [-0.25, -0.2) is 5.43 Å². The summed E-state index contributed by atoms with van der Waals surface area (Å²) in [6, 6.07) is 6.20. The number of nitrogens with zero attached hydrogens (tertiary/aromatic N) is 3. The SMILES string of the molecule is CCCC1CC(c2nc(-c3ccccn3)no2)NN1. The average molecular weight is 259 g/mol. The first-order chi connectivity index (χ1) is 9.36. The molecule has 19 heavy (non-hydrogen) atoms. The van der Waals surface area contributed by atoms with Gasteiger partial charge in [-0.05, 0) is 25.0 Å². The van der Waals surface area contributed by atoms with Crippen LogP contribution in [0.1, 0.15) is 38.1 Å². The molecule has 100 valence electrons. The van der Waals surface area contributed by atoms with Gasteiger partial charge in [0.05, 0.1) is 0 Å². The van der Waals surface area contributed by atoms with Crippen molar-refractivity contribution in [2.24, 2.45) is 0 Å². The maximum Gasteiger partial charge on any atom is 0.245 e. The van der Waals surface area contributed by atoms with Gasteiger partial charge in [0.2, 0.25) is 11.7 Å². The predicted molar refractivity (Wildman–Crippen MR) is 69.9 cm³/mol. The van der Waals surface area contributed by atoms with Gasteiger partial charge in [0.15, 0.2) is 0 Å². The zero-order valence-corrected chi connectivity index (χ0v) is 10.8. The van der Waals surface area contributed by atoms with Crippen molar-refractivity contribution in [2.45, 2.75) is 38.3 Å². The molecule has 2 unspecified atom stereocenters. The lowest BCUT2D eigenvalue weighted by atomic mass is 10.1. The van der Waals surface area contributed by atoms with Gasteiger partial charge in [-0.15, -0.1) is 0 Å². The first-order valence-corrected chi connectivity index (χ1v) is 6.63. The highest BCUT2D eigenvalue weighted by Gasteiger charge is 2.28. The molecule has 0 bridgehead atoms. The molecule has 0 radical (unpaired) electrons. The maximum atomic E-state index is 5.33. The minimum absolute atomic E-state index is 0.0847. The number of nitrogens with one attached hydrogen (secondary N) is 2. The van der Waals surface area contributed by atoms with Gasteiger partial charge in [0.1, 0.15) is 11.7 Å². The van der Waals surface area contributed by atoms with E-state index in [4.69, 9.17) is 4.52 Å². The van der Waals surface area contributed by atoms with Crippen LogP contribution in [0.4, 0.5) is 0 Å². The molecular formula is C13H17N5O. The smallest absolute Gasteiger partial charge is 0.245 e. The Kier molecular flexibility index (Phi) is 3.52. The Labute approximate surface area is 111 Å². The molecule has 0 saturated carbocycles. The molecule has 2 aromatic heterocycles. The molecule has 1 saturated heterocycles. The third-order valence-corrected chi connectivity index (χ3v) is 3.25. The molecule has 1 fully saturated rings. The summed E-state index contributed by atoms with van der Waals surface area (Å²) in [5, 5.41) is 3.99. The van der Waals surface area contributed by atoms with Crippen LogP contribution >= 0.6 is 0 Å². The fourth-order valence-electron chi connectivity index (χ4n) is 2.30. The molecule has 1 aliphatic heterocycles. The van der Waals surface area contributed by atoms with Gasteiger partial charge in [-0.1, -0.05) is 24.6 Å². The van der Waals surface area contributed by atoms with Crippen molar-refractivity contribution in [3.8, 4) is 11.5 Å². The molecule has 6 heteroatoms. The minimum Gasteiger partial charge on any atom is -0.337 e. The standard InChI is InChI=1S/C13H17N5O/c1-2-5-9-8-11(17-16-9)13-15-12(18-19-13)10-6-3-4-7-14-10/h3-4,6-7,9,11,16-17H,2,5,8H2,1H3. The molecule has 2 N–H and O–H groups in total. The lowest BCUT2D eigenvalue weighted by Crippen LogP contribution is -2.30. The van der Waals surface area contributed by atoms with Gasteiger partial charge >= 0.3 is 0 Å². The van der Waals surface area contributed by atoms with Crippen LogP contribution in [0.5, 0.6) is 0 Å². The fourth-order valence-corrected chi connectivity index (χ4v) is 2.30. The van der Waals surface area contributed by atoms with Gasteiger partial charge < -0.3 is 4.52 Å². The summed E-state index contributed by atoms with van der Waals surface area (Å²) in [5.74, 6) is 1.16. The predicted octanol–water partition coefficient (Wildman–Crippen LogP) is 1.84. The van der Waals surface area contributed by atoms with E-state index in [9.17, 15) is 0 Å². The second-order valence-electron chi connectivity index (χ2n) is 4.73. The second-order valence-corrected chi connectivity index (χ2v) is 4.73. The van der Waals surface area contributed by atoms with E-state index < -0.39 is 0 Å². The van der Waals surface area contributed by atoms with Crippen molar-refractivity contribution in [1.82, 2.24) is 26.0 Å². The number of rotatable bonds is 4. The number of hydrogen-bond donors (Lipinski definition) is 2. The van der Waals surface area contributed by atoms with Crippen LogP contribution < -0.4 is 10.9 Å². The van der Waals surface area contributed by atoms with Crippen molar-refractivity contribution < 1.29 is 4.52 Å². The van der Waals surface area contributed by atoms with Crippen molar-refractivity contribution >= 4 is 0 Å². The van der Waals surface area contributed by atoms with Crippen LogP contribution in [-0.4, -0.2) is 21.2 Å². The zero-order valence-electron chi connectivity index (χ0n) is 10.8. The van der Waals surface area contributed by atoms with Crippen LogP contribution in [0.3, 0.4) is 0 Å². The van der Waals surface area contributed by atoms with E-state index >= 15 is 0 Å². The molecule has 1 aliphatic rings. The van der Waals surface area contributed by atoms with Gasteiger partial charge in [-0.3, -0.25) is 10.4 Å². The van der Waals surface area contributed by atoms with Gasteiger partial charge in [-0.2, -0.15) is 4.98 Å². The minimum atomic E-state index is 0.0847. The number of hydrazine groups is 1. The van der Waals surface area contributed by atoms with Gasteiger partial charge in [0.25, 0.3) is 0 Å². The summed E-state index contributed by atoms with van der Waals surface area (Å²) in [4.78, 5) is 8.63. The molecular weight excluding hydrogens is 242 g/mol. The van der Waals surface area contributed by atoms with E-state index in [-0.39, 0.29) is 6.04 Å².